The molecule has 0 saturated heterocycles. The maximum absolute atomic E-state index is 9.18. The second kappa shape index (κ2) is 6.59. The van der Waals surface area contributed by atoms with Gasteiger partial charge in [0, 0.05) is 5.56 Å². The summed E-state index contributed by atoms with van der Waals surface area (Å²) in [7, 11) is 0. The molecule has 0 aliphatic carbocycles. The maximum Gasteiger partial charge on any atom is 0.204 e. The molecule has 25 heavy (non-hydrogen) atoms. The molecule has 0 spiro atoms. The zero-order valence-corrected chi connectivity index (χ0v) is 13.8. The van der Waals surface area contributed by atoms with Crippen LogP contribution in [0.1, 0.15) is 11.3 Å². The number of thiazole rings is 1. The Kier molecular flexibility index (Phi) is 3.99. The molecule has 4 aromatic rings. The number of benzene rings is 2. The van der Waals surface area contributed by atoms with Crippen LogP contribution in [0, 0.1) is 11.3 Å². The fourth-order valence-electron chi connectivity index (χ4n) is 2.43. The van der Waals surface area contributed by atoms with E-state index in [1.165, 1.54) is 11.3 Å². The second-order valence-electron chi connectivity index (χ2n) is 5.22. The van der Waals surface area contributed by atoms with Crippen molar-refractivity contribution in [3.63, 3.8) is 0 Å². The van der Waals surface area contributed by atoms with Gasteiger partial charge in [-0.25, -0.2) is 4.98 Å². The first-order valence-corrected chi connectivity index (χ1v) is 8.39. The largest absolute Gasteiger partial charge is 0.455 e. The lowest BCUT2D eigenvalue weighted by molar-refractivity contribution is 0.575. The van der Waals surface area contributed by atoms with E-state index in [0.717, 1.165) is 20.9 Å². The molecule has 0 unspecified atom stereocenters. The molecule has 120 valence electrons. The second-order valence-corrected chi connectivity index (χ2v) is 6.25. The van der Waals surface area contributed by atoms with E-state index < -0.39 is 0 Å². The number of hydrogen-bond acceptors (Lipinski definition) is 6. The Hall–Kier alpha value is -3.43. The zero-order valence-electron chi connectivity index (χ0n) is 13.0. The Bertz CT molecular complexity index is 1070. The van der Waals surface area contributed by atoms with Gasteiger partial charge in [-0.05, 0) is 36.4 Å². The van der Waals surface area contributed by atoms with Gasteiger partial charge in [-0.2, -0.15) is 10.4 Å². The van der Waals surface area contributed by atoms with E-state index in [1.807, 2.05) is 54.6 Å². The molecule has 0 fully saturated rings. The van der Waals surface area contributed by atoms with Crippen molar-refractivity contribution in [2.24, 2.45) is 5.10 Å². The van der Waals surface area contributed by atoms with Gasteiger partial charge in [0.1, 0.15) is 11.5 Å². The third-order valence-electron chi connectivity index (χ3n) is 3.59. The number of nitrogens with one attached hydrogen (secondary N) is 1. The highest BCUT2D eigenvalue weighted by molar-refractivity contribution is 7.22. The Balaban J connectivity index is 1.51. The number of nitrogens with zero attached hydrogens (tertiary/aromatic N) is 3. The number of para-hydroxylation sites is 1. The van der Waals surface area contributed by atoms with Crippen molar-refractivity contribution in [1.82, 2.24) is 4.98 Å². The molecular weight excluding hydrogens is 332 g/mol. The minimum Gasteiger partial charge on any atom is -0.455 e. The summed E-state index contributed by atoms with van der Waals surface area (Å²) in [4.78, 5) is 4.45. The van der Waals surface area contributed by atoms with Crippen molar-refractivity contribution in [2.45, 2.75) is 0 Å². The molecule has 0 amide bonds. The predicted molar refractivity (Wildman–Crippen MR) is 99.7 cm³/mol. The van der Waals surface area contributed by atoms with Crippen LogP contribution in [0.25, 0.3) is 21.5 Å². The van der Waals surface area contributed by atoms with E-state index in [2.05, 4.69) is 21.6 Å². The molecule has 2 aromatic carbocycles. The van der Waals surface area contributed by atoms with Crippen molar-refractivity contribution < 1.29 is 4.42 Å². The molecule has 0 atom stereocenters. The molecule has 1 N–H and O–H groups in total. The van der Waals surface area contributed by atoms with E-state index in [1.54, 1.807) is 12.3 Å². The predicted octanol–water partition coefficient (Wildman–Crippen LogP) is 4.87. The van der Waals surface area contributed by atoms with E-state index in [0.29, 0.717) is 17.1 Å². The van der Waals surface area contributed by atoms with Gasteiger partial charge >= 0.3 is 0 Å². The Labute approximate surface area is 147 Å². The molecule has 4 rings (SSSR count). The quantitative estimate of drug-likeness (QED) is 0.423. The van der Waals surface area contributed by atoms with Crippen LogP contribution in [0.2, 0.25) is 0 Å². The molecular formula is C19H12N4OS. The number of nitriles is 1. The van der Waals surface area contributed by atoms with Gasteiger partial charge in [-0.3, -0.25) is 5.43 Å². The fourth-order valence-corrected chi connectivity index (χ4v) is 3.25. The van der Waals surface area contributed by atoms with Crippen molar-refractivity contribution >= 4 is 32.9 Å². The fraction of sp³-hybridized carbons (Fsp3) is 0. The van der Waals surface area contributed by atoms with E-state index in [4.69, 9.17) is 4.42 Å². The van der Waals surface area contributed by atoms with Crippen LogP contribution in [0.5, 0.6) is 0 Å². The van der Waals surface area contributed by atoms with Gasteiger partial charge in [-0.1, -0.05) is 35.6 Å². The molecule has 6 heteroatoms. The summed E-state index contributed by atoms with van der Waals surface area (Å²) >= 11 is 1.54. The highest BCUT2D eigenvalue weighted by Gasteiger charge is 2.08. The number of aromatic nitrogens is 1. The average Bonchev–Trinajstić information content (AvgIpc) is 3.28. The monoisotopic (exact) mass is 344 g/mol. The lowest BCUT2D eigenvalue weighted by atomic mass is 10.1. The first kappa shape index (κ1) is 15.1. The third-order valence-corrected chi connectivity index (χ3v) is 4.53. The topological polar surface area (TPSA) is 74.2 Å². The Morgan fingerprint density at radius 2 is 1.92 bits per heavy atom. The van der Waals surface area contributed by atoms with Gasteiger partial charge < -0.3 is 4.42 Å². The van der Waals surface area contributed by atoms with E-state index in [-0.39, 0.29) is 0 Å². The minimum atomic E-state index is 0.577. The summed E-state index contributed by atoms with van der Waals surface area (Å²) in [5.74, 6) is 1.23. The van der Waals surface area contributed by atoms with Crippen LogP contribution in [0.3, 0.4) is 0 Å². The maximum atomic E-state index is 9.18. The molecule has 0 radical (unpaired) electrons. The highest BCUT2D eigenvalue weighted by atomic mass is 32.1. The van der Waals surface area contributed by atoms with Gasteiger partial charge in [0.05, 0.1) is 28.1 Å². The normalized spacial score (nSPS) is 11.0. The number of hydrazone groups is 1. The lowest BCUT2D eigenvalue weighted by Gasteiger charge is -1.98. The van der Waals surface area contributed by atoms with Crippen molar-refractivity contribution in [3.05, 3.63) is 72.0 Å². The van der Waals surface area contributed by atoms with Crippen molar-refractivity contribution in [2.75, 3.05) is 5.43 Å². The molecule has 5 nitrogen and oxygen atoms in total. The number of anilines is 1. The van der Waals surface area contributed by atoms with Crippen molar-refractivity contribution in [3.8, 4) is 17.4 Å². The van der Waals surface area contributed by atoms with Gasteiger partial charge in [-0.15, -0.1) is 0 Å². The molecule has 2 aromatic heterocycles. The molecule has 0 aliphatic heterocycles. The number of hydrogen-bond donors (Lipinski definition) is 1. The van der Waals surface area contributed by atoms with Crippen LogP contribution >= 0.6 is 11.3 Å². The first-order valence-electron chi connectivity index (χ1n) is 7.57. The zero-order chi connectivity index (χ0) is 17.1. The molecule has 2 heterocycles. The third kappa shape index (κ3) is 3.13. The SMILES string of the molecule is N#Cc1ccccc1-c1ccc(/C=N\Nc2nc3ccccc3s2)o1. The van der Waals surface area contributed by atoms with Crippen LogP contribution in [0.4, 0.5) is 5.13 Å². The summed E-state index contributed by atoms with van der Waals surface area (Å²) in [6, 6.07) is 21.1. The average molecular weight is 344 g/mol. The molecule has 0 aliphatic rings. The summed E-state index contributed by atoms with van der Waals surface area (Å²) in [6.07, 6.45) is 1.59. The summed E-state index contributed by atoms with van der Waals surface area (Å²) in [5.41, 5.74) is 5.21. The van der Waals surface area contributed by atoms with E-state index in [9.17, 15) is 5.26 Å². The Morgan fingerprint density at radius 1 is 1.08 bits per heavy atom. The van der Waals surface area contributed by atoms with Gasteiger partial charge in [0.2, 0.25) is 5.13 Å². The minimum absolute atomic E-state index is 0.577. The number of fused-ring (bicyclic) bond motifs is 1. The highest BCUT2D eigenvalue weighted by Crippen LogP contribution is 2.26. The first-order chi connectivity index (χ1) is 12.3. The summed E-state index contributed by atoms with van der Waals surface area (Å²) < 4.78 is 6.86. The van der Waals surface area contributed by atoms with E-state index >= 15 is 0 Å². The number of rotatable bonds is 4. The van der Waals surface area contributed by atoms with Crippen LogP contribution < -0.4 is 5.43 Å². The van der Waals surface area contributed by atoms with Crippen molar-refractivity contribution in [1.29, 1.82) is 5.26 Å². The van der Waals surface area contributed by atoms with Crippen LogP contribution in [-0.2, 0) is 0 Å². The standard InChI is InChI=1S/C19H12N4OS/c20-11-13-5-1-2-6-15(13)17-10-9-14(24-17)12-21-23-19-22-16-7-3-4-8-18(16)25-19/h1-10,12H,(H,22,23)/b21-12-. The lowest BCUT2D eigenvalue weighted by Crippen LogP contribution is -1.88. The van der Waals surface area contributed by atoms with Crippen LogP contribution in [-0.4, -0.2) is 11.2 Å². The Morgan fingerprint density at radius 3 is 2.80 bits per heavy atom. The smallest absolute Gasteiger partial charge is 0.204 e. The number of furan rings is 1. The summed E-state index contributed by atoms with van der Waals surface area (Å²) in [5, 5.41) is 14.1. The van der Waals surface area contributed by atoms with Gasteiger partial charge in [0.15, 0.2) is 0 Å². The molecule has 0 saturated carbocycles. The summed E-state index contributed by atoms with van der Waals surface area (Å²) in [6.45, 7) is 0. The van der Waals surface area contributed by atoms with Gasteiger partial charge in [0.25, 0.3) is 0 Å². The molecule has 0 bridgehead atoms. The van der Waals surface area contributed by atoms with Crippen LogP contribution in [0.15, 0.2) is 70.2 Å².